The van der Waals surface area contributed by atoms with Crippen LogP contribution in [0.15, 0.2) is 53.6 Å². The van der Waals surface area contributed by atoms with E-state index in [1.165, 1.54) is 0 Å². The smallest absolute Gasteiger partial charge is 0.432 e. The molecule has 0 aliphatic carbocycles. The average molecular weight is 628 g/mol. The lowest BCUT2D eigenvalue weighted by Gasteiger charge is -2.16. The number of carbonyl (C=O) groups excluding carboxylic acids is 1. The molecule has 0 spiro atoms. The normalized spacial score (nSPS) is 11.7. The van der Waals surface area contributed by atoms with Gasteiger partial charge in [-0.25, -0.2) is 15.6 Å². The predicted molar refractivity (Wildman–Crippen MR) is 165 cm³/mol. The van der Waals surface area contributed by atoms with Crippen LogP contribution in [0.3, 0.4) is 0 Å². The van der Waals surface area contributed by atoms with Crippen molar-refractivity contribution in [3.8, 4) is 11.1 Å². The van der Waals surface area contributed by atoms with E-state index in [2.05, 4.69) is 21.4 Å². The van der Waals surface area contributed by atoms with Gasteiger partial charge in [0.25, 0.3) is 5.09 Å². The van der Waals surface area contributed by atoms with Crippen LogP contribution in [-0.2, 0) is 37.6 Å². The molecule has 0 atom stereocenters. The number of imidazole rings is 1. The Hall–Kier alpha value is -4.73. The summed E-state index contributed by atoms with van der Waals surface area (Å²) in [6, 6.07) is 15.5. The lowest BCUT2D eigenvalue weighted by atomic mass is 9.98. The number of ether oxygens (including phenoxy) is 3. The molecule has 0 aliphatic heterocycles. The van der Waals surface area contributed by atoms with Gasteiger partial charge >= 0.3 is 6.16 Å². The Morgan fingerprint density at radius 1 is 1.11 bits per heavy atom. The van der Waals surface area contributed by atoms with Crippen LogP contribution < -0.4 is 11.6 Å². The maximum absolute atomic E-state index is 11.8. The molecule has 15 heteroatoms. The summed E-state index contributed by atoms with van der Waals surface area (Å²) in [5.41, 5.74) is 10.3. The Labute approximate surface area is 261 Å². The third-order valence-electron chi connectivity index (χ3n) is 6.58. The van der Waals surface area contributed by atoms with Crippen LogP contribution >= 0.6 is 0 Å². The van der Waals surface area contributed by atoms with Crippen molar-refractivity contribution in [1.82, 2.24) is 14.7 Å². The molecule has 3 aromatic rings. The van der Waals surface area contributed by atoms with Gasteiger partial charge in [0.15, 0.2) is 12.6 Å². The van der Waals surface area contributed by atoms with Gasteiger partial charge in [-0.05, 0) is 43.9 Å². The molecular weight excluding hydrogens is 586 g/mol. The third kappa shape index (κ3) is 10.4. The zero-order valence-corrected chi connectivity index (χ0v) is 26.0. The maximum Gasteiger partial charge on any atom is 0.510 e. The largest absolute Gasteiger partial charge is 0.510 e. The number of aryl methyl sites for hydroxylation is 1. The van der Waals surface area contributed by atoms with Crippen LogP contribution in [0.5, 0.6) is 0 Å². The van der Waals surface area contributed by atoms with Crippen LogP contribution in [0.1, 0.15) is 55.5 Å². The summed E-state index contributed by atoms with van der Waals surface area (Å²) in [5.74, 6) is 6.92. The fourth-order valence-electron chi connectivity index (χ4n) is 4.56. The summed E-state index contributed by atoms with van der Waals surface area (Å²) in [5, 5.41) is 24.7. The van der Waals surface area contributed by atoms with Crippen LogP contribution in [0.25, 0.3) is 11.1 Å². The Morgan fingerprint density at radius 2 is 1.80 bits per heavy atom. The van der Waals surface area contributed by atoms with Gasteiger partial charge < -0.3 is 34.5 Å². The molecule has 0 radical (unpaired) electrons. The SMILES string of the molecule is CCCc1nc(C(C)(C)O)c(C)n1Cc1ccc(-c2ccccc2/C(N)=N/N(N)COC(=O)OCCOCCO[N+](=O)[O-])cc1. The number of rotatable bonds is 17. The van der Waals surface area contributed by atoms with Gasteiger partial charge in [0.1, 0.15) is 24.6 Å². The second kappa shape index (κ2) is 16.4. The van der Waals surface area contributed by atoms with E-state index in [1.807, 2.05) is 55.5 Å². The molecule has 0 amide bonds. The van der Waals surface area contributed by atoms with Gasteiger partial charge in [-0.1, -0.05) is 55.5 Å². The molecule has 0 bridgehead atoms. The van der Waals surface area contributed by atoms with Crippen molar-refractivity contribution >= 4 is 12.0 Å². The van der Waals surface area contributed by atoms with Gasteiger partial charge in [-0.3, -0.25) is 0 Å². The Bertz CT molecular complexity index is 1450. The first kappa shape index (κ1) is 34.8. The first-order chi connectivity index (χ1) is 21.4. The van der Waals surface area contributed by atoms with E-state index in [0.717, 1.165) is 46.2 Å². The number of hydrogen-bond acceptors (Lipinski definition) is 12. The molecule has 0 unspecified atom stereocenters. The van der Waals surface area contributed by atoms with Crippen LogP contribution in [0.2, 0.25) is 0 Å². The minimum atomic E-state index is -1.03. The van der Waals surface area contributed by atoms with Gasteiger partial charge in [-0.15, -0.1) is 15.2 Å². The number of hydrogen-bond donors (Lipinski definition) is 3. The first-order valence-corrected chi connectivity index (χ1v) is 14.4. The van der Waals surface area contributed by atoms with E-state index in [-0.39, 0.29) is 32.3 Å². The van der Waals surface area contributed by atoms with E-state index < -0.39 is 23.6 Å². The van der Waals surface area contributed by atoms with Crippen LogP contribution in [-0.4, -0.2) is 70.0 Å². The molecule has 0 saturated heterocycles. The van der Waals surface area contributed by atoms with Gasteiger partial charge in [0.05, 0.1) is 18.9 Å². The van der Waals surface area contributed by atoms with Gasteiger partial charge in [-0.2, -0.15) is 5.12 Å². The van der Waals surface area contributed by atoms with Crippen LogP contribution in [0.4, 0.5) is 4.79 Å². The lowest BCUT2D eigenvalue weighted by molar-refractivity contribution is -0.758. The Balaban J connectivity index is 1.61. The molecule has 1 aromatic heterocycles. The van der Waals surface area contributed by atoms with E-state index in [1.54, 1.807) is 13.8 Å². The van der Waals surface area contributed by atoms with Crippen molar-refractivity contribution in [2.24, 2.45) is 16.7 Å². The maximum atomic E-state index is 11.8. The number of nitrogens with two attached hydrogens (primary N) is 2. The van der Waals surface area contributed by atoms with Crippen LogP contribution in [0, 0.1) is 17.0 Å². The predicted octanol–water partition coefficient (Wildman–Crippen LogP) is 3.22. The van der Waals surface area contributed by atoms with Crippen molar-refractivity contribution in [2.75, 3.05) is 33.2 Å². The number of hydrazone groups is 1. The van der Waals surface area contributed by atoms with Crippen molar-refractivity contribution in [3.63, 3.8) is 0 Å². The fourth-order valence-corrected chi connectivity index (χ4v) is 4.56. The number of aromatic nitrogens is 2. The zero-order valence-electron chi connectivity index (χ0n) is 26.0. The first-order valence-electron chi connectivity index (χ1n) is 14.4. The average Bonchev–Trinajstić information content (AvgIpc) is 3.31. The number of benzene rings is 2. The second-order valence-corrected chi connectivity index (χ2v) is 10.6. The highest BCUT2D eigenvalue weighted by Crippen LogP contribution is 2.27. The summed E-state index contributed by atoms with van der Waals surface area (Å²) in [6.45, 7) is 7.37. The molecule has 244 valence electrons. The number of carbonyl (C=O) groups is 1. The minimum absolute atomic E-state index is 0.00252. The highest BCUT2D eigenvalue weighted by Gasteiger charge is 2.25. The molecular formula is C30H41N7O8. The highest BCUT2D eigenvalue weighted by atomic mass is 17.0. The van der Waals surface area contributed by atoms with Crippen molar-refractivity contribution in [3.05, 3.63) is 87.0 Å². The highest BCUT2D eigenvalue weighted by molar-refractivity contribution is 6.03. The summed E-state index contributed by atoms with van der Waals surface area (Å²) < 4.78 is 16.9. The molecule has 2 aromatic carbocycles. The van der Waals surface area contributed by atoms with E-state index in [9.17, 15) is 20.0 Å². The molecule has 15 nitrogen and oxygen atoms in total. The lowest BCUT2D eigenvalue weighted by Crippen LogP contribution is -2.33. The summed E-state index contributed by atoms with van der Waals surface area (Å²) in [4.78, 5) is 30.7. The molecule has 0 saturated carbocycles. The summed E-state index contributed by atoms with van der Waals surface area (Å²) in [7, 11) is 0. The fraction of sp³-hybridized carbons (Fsp3) is 0.433. The molecule has 3 rings (SSSR count). The van der Waals surface area contributed by atoms with Crippen molar-refractivity contribution < 1.29 is 34.0 Å². The summed E-state index contributed by atoms with van der Waals surface area (Å²) >= 11 is 0. The zero-order chi connectivity index (χ0) is 33.0. The molecule has 0 aliphatic rings. The number of hydrazine groups is 1. The third-order valence-corrected chi connectivity index (χ3v) is 6.58. The molecule has 45 heavy (non-hydrogen) atoms. The quantitative estimate of drug-likeness (QED) is 0.0289. The molecule has 5 N–H and O–H groups in total. The number of aliphatic hydroxyl groups is 1. The van der Waals surface area contributed by atoms with E-state index in [0.29, 0.717) is 17.8 Å². The Kier molecular flexibility index (Phi) is 12.6. The van der Waals surface area contributed by atoms with Crippen molar-refractivity contribution in [2.45, 2.75) is 52.7 Å². The minimum Gasteiger partial charge on any atom is -0.432 e. The van der Waals surface area contributed by atoms with E-state index in [4.69, 9.17) is 30.8 Å². The monoisotopic (exact) mass is 627 g/mol. The standard InChI is InChI=1S/C30H41N7O8/c1-5-8-26-33-27(30(3,4)39)21(2)35(26)19-22-11-13-23(14-12-22)24-9-6-7-10-25(24)28(31)34-36(32)20-44-29(38)43-17-15-42-16-18-45-37(40)41/h6-7,9-14,39H,5,8,15-20,32H2,1-4H3,(H2,31,34). The summed E-state index contributed by atoms with van der Waals surface area (Å²) in [6.07, 6.45) is 0.750. The molecule has 0 fully saturated rings. The number of amidine groups is 1. The van der Waals surface area contributed by atoms with Gasteiger partial charge in [0.2, 0.25) is 0 Å². The van der Waals surface area contributed by atoms with Crippen molar-refractivity contribution in [1.29, 1.82) is 0 Å². The van der Waals surface area contributed by atoms with Gasteiger partial charge in [0, 0.05) is 24.2 Å². The second-order valence-electron chi connectivity index (χ2n) is 10.6. The molecule has 1 heterocycles. The Morgan fingerprint density at radius 3 is 2.47 bits per heavy atom. The van der Waals surface area contributed by atoms with E-state index >= 15 is 0 Å². The number of nitrogens with zero attached hydrogens (tertiary/aromatic N) is 5. The topological polar surface area (TPSA) is 203 Å².